The van der Waals surface area contributed by atoms with Crippen molar-refractivity contribution in [2.75, 3.05) is 0 Å². The number of hydrogen-bond donors (Lipinski definition) is 2. The summed E-state index contributed by atoms with van der Waals surface area (Å²) in [6.45, 7) is 1.95. The highest BCUT2D eigenvalue weighted by Crippen LogP contribution is 2.14. The molecule has 1 unspecified atom stereocenters. The van der Waals surface area contributed by atoms with Crippen molar-refractivity contribution in [1.82, 2.24) is 4.72 Å². The fourth-order valence-electron chi connectivity index (χ4n) is 1.99. The summed E-state index contributed by atoms with van der Waals surface area (Å²) in [6.07, 6.45) is 1.46. The number of benzene rings is 2. The third-order valence-corrected chi connectivity index (χ3v) is 4.28. The van der Waals surface area contributed by atoms with E-state index in [1.165, 1.54) is 6.08 Å². The number of sulfonamides is 1. The second kappa shape index (κ2) is 7.21. The largest absolute Gasteiger partial charge is 0.368 e. The van der Waals surface area contributed by atoms with Gasteiger partial charge < -0.3 is 5.73 Å². The molecule has 1 atom stereocenters. The van der Waals surface area contributed by atoms with Gasteiger partial charge in [0.15, 0.2) is 0 Å². The van der Waals surface area contributed by atoms with Gasteiger partial charge in [-0.05, 0) is 24.1 Å². The first-order chi connectivity index (χ1) is 10.9. The maximum absolute atomic E-state index is 12.2. The van der Waals surface area contributed by atoms with Crippen molar-refractivity contribution in [3.8, 4) is 0 Å². The molecule has 2 rings (SSSR count). The Hall–Kier alpha value is -2.44. The lowest BCUT2D eigenvalue weighted by molar-refractivity contribution is -0.119. The van der Waals surface area contributed by atoms with Gasteiger partial charge in [-0.2, -0.15) is 4.72 Å². The van der Waals surface area contributed by atoms with E-state index in [-0.39, 0.29) is 0 Å². The monoisotopic (exact) mass is 330 g/mol. The van der Waals surface area contributed by atoms with Crippen LogP contribution in [0.25, 0.3) is 6.08 Å². The SMILES string of the molecule is Cc1ccc(/C=C/S(=O)(=O)NC(C(N)=O)c2ccccc2)cc1. The number of amides is 1. The summed E-state index contributed by atoms with van der Waals surface area (Å²) < 4.78 is 26.6. The van der Waals surface area contributed by atoms with Crippen LogP contribution in [0.5, 0.6) is 0 Å². The van der Waals surface area contributed by atoms with Gasteiger partial charge in [-0.1, -0.05) is 60.2 Å². The van der Waals surface area contributed by atoms with Crippen LogP contribution < -0.4 is 10.5 Å². The summed E-state index contributed by atoms with van der Waals surface area (Å²) in [5, 5.41) is 1.02. The molecule has 120 valence electrons. The third-order valence-electron chi connectivity index (χ3n) is 3.22. The van der Waals surface area contributed by atoms with Gasteiger partial charge in [0.1, 0.15) is 6.04 Å². The normalized spacial score (nSPS) is 13.1. The second-order valence-electron chi connectivity index (χ2n) is 5.12. The molecule has 0 aliphatic heterocycles. The molecule has 5 nitrogen and oxygen atoms in total. The van der Waals surface area contributed by atoms with E-state index in [1.807, 2.05) is 31.2 Å². The van der Waals surface area contributed by atoms with E-state index in [4.69, 9.17) is 5.73 Å². The van der Waals surface area contributed by atoms with E-state index >= 15 is 0 Å². The lowest BCUT2D eigenvalue weighted by atomic mass is 10.1. The van der Waals surface area contributed by atoms with Crippen LogP contribution in [0.3, 0.4) is 0 Å². The molecule has 0 bridgehead atoms. The van der Waals surface area contributed by atoms with Crippen molar-refractivity contribution in [2.45, 2.75) is 13.0 Å². The predicted octanol–water partition coefficient (Wildman–Crippen LogP) is 2.11. The molecular weight excluding hydrogens is 312 g/mol. The Balaban J connectivity index is 2.18. The van der Waals surface area contributed by atoms with Crippen molar-refractivity contribution < 1.29 is 13.2 Å². The van der Waals surface area contributed by atoms with E-state index in [1.54, 1.807) is 30.3 Å². The zero-order valence-corrected chi connectivity index (χ0v) is 13.5. The van der Waals surface area contributed by atoms with Gasteiger partial charge in [0.2, 0.25) is 15.9 Å². The van der Waals surface area contributed by atoms with Crippen molar-refractivity contribution in [2.24, 2.45) is 5.73 Å². The first kappa shape index (κ1) is 16.9. The Morgan fingerprint density at radius 3 is 2.26 bits per heavy atom. The van der Waals surface area contributed by atoms with Crippen LogP contribution in [0.2, 0.25) is 0 Å². The molecule has 0 radical (unpaired) electrons. The van der Waals surface area contributed by atoms with Crippen LogP contribution in [0.15, 0.2) is 60.0 Å². The summed E-state index contributed by atoms with van der Waals surface area (Å²) in [5.74, 6) is -0.761. The summed E-state index contributed by atoms with van der Waals surface area (Å²) in [4.78, 5) is 11.6. The Morgan fingerprint density at radius 2 is 1.70 bits per heavy atom. The van der Waals surface area contributed by atoms with Crippen molar-refractivity contribution in [1.29, 1.82) is 0 Å². The molecule has 2 aromatic rings. The van der Waals surface area contributed by atoms with Crippen LogP contribution in [-0.2, 0) is 14.8 Å². The second-order valence-corrected chi connectivity index (χ2v) is 6.72. The first-order valence-corrected chi connectivity index (χ1v) is 8.53. The van der Waals surface area contributed by atoms with E-state index < -0.39 is 22.0 Å². The van der Waals surface area contributed by atoms with Crippen LogP contribution in [0.1, 0.15) is 22.7 Å². The van der Waals surface area contributed by atoms with Crippen LogP contribution in [-0.4, -0.2) is 14.3 Å². The van der Waals surface area contributed by atoms with E-state index in [2.05, 4.69) is 4.72 Å². The Morgan fingerprint density at radius 1 is 1.09 bits per heavy atom. The topological polar surface area (TPSA) is 89.3 Å². The number of rotatable bonds is 6. The van der Waals surface area contributed by atoms with Crippen molar-refractivity contribution >= 4 is 22.0 Å². The zero-order chi connectivity index (χ0) is 16.9. The fourth-order valence-corrected chi connectivity index (χ4v) is 2.98. The van der Waals surface area contributed by atoms with Crippen molar-refractivity contribution in [3.63, 3.8) is 0 Å². The van der Waals surface area contributed by atoms with Crippen molar-refractivity contribution in [3.05, 3.63) is 76.7 Å². The van der Waals surface area contributed by atoms with Gasteiger partial charge in [-0.25, -0.2) is 8.42 Å². The zero-order valence-electron chi connectivity index (χ0n) is 12.6. The number of carbonyl (C=O) groups excluding carboxylic acids is 1. The summed E-state index contributed by atoms with van der Waals surface area (Å²) in [5.41, 5.74) is 7.63. The lowest BCUT2D eigenvalue weighted by Crippen LogP contribution is -2.36. The summed E-state index contributed by atoms with van der Waals surface area (Å²) >= 11 is 0. The molecule has 3 N–H and O–H groups in total. The number of aryl methyl sites for hydroxylation is 1. The number of hydrogen-bond acceptors (Lipinski definition) is 3. The molecular formula is C17H18N2O3S. The molecule has 2 aromatic carbocycles. The van der Waals surface area contributed by atoms with E-state index in [0.29, 0.717) is 5.56 Å². The summed E-state index contributed by atoms with van der Waals surface area (Å²) in [7, 11) is -3.81. The number of primary amides is 1. The van der Waals surface area contributed by atoms with Gasteiger partial charge in [0, 0.05) is 5.41 Å². The highest BCUT2D eigenvalue weighted by Gasteiger charge is 2.22. The number of nitrogens with one attached hydrogen (secondary N) is 1. The van der Waals surface area contributed by atoms with Gasteiger partial charge in [0.25, 0.3) is 0 Å². The minimum Gasteiger partial charge on any atom is -0.368 e. The van der Waals surface area contributed by atoms with Gasteiger partial charge in [-0.15, -0.1) is 0 Å². The molecule has 0 saturated heterocycles. The molecule has 1 amide bonds. The molecule has 23 heavy (non-hydrogen) atoms. The van der Waals surface area contributed by atoms with Gasteiger partial charge in [0.05, 0.1) is 0 Å². The molecule has 6 heteroatoms. The average Bonchev–Trinajstić information content (AvgIpc) is 2.53. The highest BCUT2D eigenvalue weighted by atomic mass is 32.2. The average molecular weight is 330 g/mol. The van der Waals surface area contributed by atoms with Crippen LogP contribution in [0, 0.1) is 6.92 Å². The molecule has 0 fully saturated rings. The molecule has 0 saturated carbocycles. The lowest BCUT2D eigenvalue weighted by Gasteiger charge is -2.14. The first-order valence-electron chi connectivity index (χ1n) is 6.99. The van der Waals surface area contributed by atoms with E-state index in [0.717, 1.165) is 16.5 Å². The molecule has 0 aromatic heterocycles. The van der Waals surface area contributed by atoms with Gasteiger partial charge in [-0.3, -0.25) is 4.79 Å². The Kier molecular flexibility index (Phi) is 5.31. The van der Waals surface area contributed by atoms with E-state index in [9.17, 15) is 13.2 Å². The standard InChI is InChI=1S/C17H18N2O3S/c1-13-7-9-14(10-8-13)11-12-23(21,22)19-16(17(18)20)15-5-3-2-4-6-15/h2-12,16,19H,1H3,(H2,18,20)/b12-11+. The fraction of sp³-hybridized carbons (Fsp3) is 0.118. The highest BCUT2D eigenvalue weighted by molar-refractivity contribution is 7.92. The predicted molar refractivity (Wildman–Crippen MR) is 90.6 cm³/mol. The Labute approximate surface area is 135 Å². The maximum Gasteiger partial charge on any atom is 0.240 e. The van der Waals surface area contributed by atoms with Crippen LogP contribution >= 0.6 is 0 Å². The Bertz CT molecular complexity index is 797. The summed E-state index contributed by atoms with van der Waals surface area (Å²) in [6, 6.07) is 14.8. The maximum atomic E-state index is 12.2. The minimum atomic E-state index is -3.81. The molecule has 0 aliphatic rings. The van der Waals surface area contributed by atoms with Gasteiger partial charge >= 0.3 is 0 Å². The number of nitrogens with two attached hydrogens (primary N) is 1. The number of carbonyl (C=O) groups is 1. The quantitative estimate of drug-likeness (QED) is 0.850. The molecule has 0 heterocycles. The smallest absolute Gasteiger partial charge is 0.240 e. The minimum absolute atomic E-state index is 0.493. The van der Waals surface area contributed by atoms with Crippen LogP contribution in [0.4, 0.5) is 0 Å². The molecule has 0 aliphatic carbocycles. The third kappa shape index (κ3) is 5.05. The molecule has 0 spiro atoms.